The van der Waals surface area contributed by atoms with Crippen molar-refractivity contribution < 1.29 is 18.7 Å². The summed E-state index contributed by atoms with van der Waals surface area (Å²) < 4.78 is 18.5. The van der Waals surface area contributed by atoms with Gasteiger partial charge in [0.25, 0.3) is 5.91 Å². The Labute approximate surface area is 133 Å². The summed E-state index contributed by atoms with van der Waals surface area (Å²) >= 11 is 0. The van der Waals surface area contributed by atoms with E-state index in [1.54, 1.807) is 24.1 Å². The molecule has 3 rings (SSSR count). The van der Waals surface area contributed by atoms with E-state index in [9.17, 15) is 14.0 Å². The highest BCUT2D eigenvalue weighted by Gasteiger charge is 2.40. The Morgan fingerprint density at radius 1 is 1.39 bits per heavy atom. The molecule has 0 spiro atoms. The summed E-state index contributed by atoms with van der Waals surface area (Å²) in [6, 6.07) is 4.91. The summed E-state index contributed by atoms with van der Waals surface area (Å²) in [4.78, 5) is 26.2. The number of carbonyl (C=O) groups is 2. The molecule has 2 N–H and O–H groups in total. The van der Waals surface area contributed by atoms with E-state index in [-0.39, 0.29) is 11.9 Å². The molecule has 3 amide bonds. The first-order valence-corrected chi connectivity index (χ1v) is 7.44. The molecule has 0 aromatic heterocycles. The van der Waals surface area contributed by atoms with Crippen molar-refractivity contribution in [3.8, 4) is 0 Å². The molecule has 0 saturated heterocycles. The Balaban J connectivity index is 1.86. The van der Waals surface area contributed by atoms with E-state index in [0.717, 1.165) is 6.42 Å². The van der Waals surface area contributed by atoms with E-state index in [1.807, 2.05) is 0 Å². The first-order valence-electron chi connectivity index (χ1n) is 7.44. The van der Waals surface area contributed by atoms with Crippen molar-refractivity contribution in [2.45, 2.75) is 12.5 Å². The maximum Gasteiger partial charge on any atom is 0.319 e. The lowest BCUT2D eigenvalue weighted by molar-refractivity contribution is -0.125. The van der Waals surface area contributed by atoms with Gasteiger partial charge in [-0.2, -0.15) is 0 Å². The summed E-state index contributed by atoms with van der Waals surface area (Å²) in [5.74, 6) is -0.544. The number of methoxy groups -OCH3 is 1. The van der Waals surface area contributed by atoms with Crippen LogP contribution in [0.15, 0.2) is 35.5 Å². The van der Waals surface area contributed by atoms with E-state index < -0.39 is 11.9 Å². The monoisotopic (exact) mass is 319 g/mol. The molecular formula is C16H18FN3O3. The number of nitrogens with zero attached hydrogens (tertiary/aromatic N) is 1. The molecule has 0 radical (unpaired) electrons. The third kappa shape index (κ3) is 3.05. The van der Waals surface area contributed by atoms with Crippen LogP contribution in [0, 0.1) is 5.82 Å². The van der Waals surface area contributed by atoms with Crippen LogP contribution >= 0.6 is 0 Å². The zero-order valence-electron chi connectivity index (χ0n) is 12.8. The second-order valence-corrected chi connectivity index (χ2v) is 5.55. The lowest BCUT2D eigenvalue weighted by Crippen LogP contribution is -2.44. The van der Waals surface area contributed by atoms with Gasteiger partial charge < -0.3 is 20.3 Å². The van der Waals surface area contributed by atoms with Gasteiger partial charge in [0.05, 0.1) is 23.9 Å². The molecule has 2 heterocycles. The van der Waals surface area contributed by atoms with E-state index in [2.05, 4.69) is 10.6 Å². The van der Waals surface area contributed by atoms with Gasteiger partial charge >= 0.3 is 6.03 Å². The summed E-state index contributed by atoms with van der Waals surface area (Å²) in [5.41, 5.74) is 1.62. The second-order valence-electron chi connectivity index (χ2n) is 5.55. The third-order valence-electron chi connectivity index (χ3n) is 3.98. The molecular weight excluding hydrogens is 301 g/mol. The van der Waals surface area contributed by atoms with Crippen LogP contribution in [0.25, 0.3) is 0 Å². The Morgan fingerprint density at radius 3 is 2.96 bits per heavy atom. The van der Waals surface area contributed by atoms with Crippen LogP contribution < -0.4 is 10.6 Å². The SMILES string of the molecule is COCCCN1CC2=C(C1=O)[C@H](c1cccc(F)c1)NC(=O)N2. The van der Waals surface area contributed by atoms with Gasteiger partial charge in [0.15, 0.2) is 0 Å². The zero-order valence-corrected chi connectivity index (χ0v) is 12.8. The highest BCUT2D eigenvalue weighted by atomic mass is 19.1. The number of carbonyl (C=O) groups excluding carboxylic acids is 2. The maximum atomic E-state index is 13.5. The molecule has 1 atom stereocenters. The highest BCUT2D eigenvalue weighted by Crippen LogP contribution is 2.32. The van der Waals surface area contributed by atoms with Gasteiger partial charge in [-0.15, -0.1) is 0 Å². The van der Waals surface area contributed by atoms with Gasteiger partial charge in [0, 0.05) is 20.3 Å². The van der Waals surface area contributed by atoms with Gasteiger partial charge in [0.2, 0.25) is 0 Å². The molecule has 0 saturated carbocycles. The number of rotatable bonds is 5. The largest absolute Gasteiger partial charge is 0.385 e. The van der Waals surface area contributed by atoms with Crippen LogP contribution in [-0.4, -0.2) is 43.6 Å². The fraction of sp³-hybridized carbons (Fsp3) is 0.375. The van der Waals surface area contributed by atoms with Crippen molar-refractivity contribution in [3.63, 3.8) is 0 Å². The normalized spacial score (nSPS) is 20.4. The lowest BCUT2D eigenvalue weighted by Gasteiger charge is -2.25. The van der Waals surface area contributed by atoms with Crippen molar-refractivity contribution in [2.75, 3.05) is 26.8 Å². The molecule has 1 aromatic rings. The molecule has 0 bridgehead atoms. The highest BCUT2D eigenvalue weighted by molar-refractivity contribution is 6.01. The Kier molecular flexibility index (Phi) is 4.29. The van der Waals surface area contributed by atoms with Crippen LogP contribution in [-0.2, 0) is 9.53 Å². The predicted molar refractivity (Wildman–Crippen MR) is 80.9 cm³/mol. The number of hydrogen-bond donors (Lipinski definition) is 2. The van der Waals surface area contributed by atoms with Crippen molar-refractivity contribution in [3.05, 3.63) is 46.9 Å². The Morgan fingerprint density at radius 2 is 2.22 bits per heavy atom. The summed E-state index contributed by atoms with van der Waals surface area (Å²) in [5, 5.41) is 5.39. The number of halogens is 1. The minimum Gasteiger partial charge on any atom is -0.385 e. The van der Waals surface area contributed by atoms with Gasteiger partial charge in [-0.3, -0.25) is 4.79 Å². The van der Waals surface area contributed by atoms with Crippen molar-refractivity contribution in [1.29, 1.82) is 0 Å². The molecule has 0 unspecified atom stereocenters. The molecule has 23 heavy (non-hydrogen) atoms. The average Bonchev–Trinajstić information content (AvgIpc) is 2.83. The molecule has 2 aliphatic heterocycles. The standard InChI is InChI=1S/C16H18FN3O3/c1-23-7-3-6-20-9-12-13(15(20)21)14(19-16(22)18-12)10-4-2-5-11(17)8-10/h2,4-5,8,14H,3,6-7,9H2,1H3,(H2,18,19,22)/t14-/m0/s1. The maximum absolute atomic E-state index is 13.5. The third-order valence-corrected chi connectivity index (χ3v) is 3.98. The Hall–Kier alpha value is -2.41. The molecule has 1 aromatic carbocycles. The molecule has 7 heteroatoms. The summed E-state index contributed by atoms with van der Waals surface area (Å²) in [7, 11) is 1.61. The number of nitrogens with one attached hydrogen (secondary N) is 2. The van der Waals surface area contributed by atoms with Crippen LogP contribution in [0.3, 0.4) is 0 Å². The zero-order chi connectivity index (χ0) is 16.4. The molecule has 0 fully saturated rings. The van der Waals surface area contributed by atoms with Crippen LogP contribution in [0.1, 0.15) is 18.0 Å². The minimum atomic E-state index is -0.630. The number of urea groups is 1. The van der Waals surface area contributed by atoms with E-state index in [4.69, 9.17) is 4.74 Å². The van der Waals surface area contributed by atoms with Gasteiger partial charge in [-0.25, -0.2) is 9.18 Å². The topological polar surface area (TPSA) is 70.7 Å². The lowest BCUT2D eigenvalue weighted by atomic mass is 9.96. The van der Waals surface area contributed by atoms with E-state index in [1.165, 1.54) is 12.1 Å². The van der Waals surface area contributed by atoms with Crippen molar-refractivity contribution >= 4 is 11.9 Å². The molecule has 6 nitrogen and oxygen atoms in total. The molecule has 122 valence electrons. The number of benzene rings is 1. The van der Waals surface area contributed by atoms with Crippen LogP contribution in [0.4, 0.5) is 9.18 Å². The fourth-order valence-corrected chi connectivity index (χ4v) is 2.94. The van der Waals surface area contributed by atoms with Gasteiger partial charge in [0.1, 0.15) is 5.82 Å². The number of ether oxygens (including phenoxy) is 1. The van der Waals surface area contributed by atoms with E-state index in [0.29, 0.717) is 36.5 Å². The van der Waals surface area contributed by atoms with Crippen LogP contribution in [0.2, 0.25) is 0 Å². The number of amides is 3. The van der Waals surface area contributed by atoms with Crippen molar-refractivity contribution in [2.24, 2.45) is 0 Å². The first kappa shape index (κ1) is 15.5. The smallest absolute Gasteiger partial charge is 0.319 e. The summed E-state index contributed by atoms with van der Waals surface area (Å²) in [6.45, 7) is 1.47. The van der Waals surface area contributed by atoms with Crippen molar-refractivity contribution in [1.82, 2.24) is 15.5 Å². The molecule has 2 aliphatic rings. The minimum absolute atomic E-state index is 0.141. The predicted octanol–water partition coefficient (Wildman–Crippen LogP) is 1.31. The van der Waals surface area contributed by atoms with Crippen LogP contribution in [0.5, 0.6) is 0 Å². The first-order chi connectivity index (χ1) is 11.1. The quantitative estimate of drug-likeness (QED) is 0.804. The van der Waals surface area contributed by atoms with E-state index >= 15 is 0 Å². The second kappa shape index (κ2) is 6.37. The average molecular weight is 319 g/mol. The fourth-order valence-electron chi connectivity index (χ4n) is 2.94. The van der Waals surface area contributed by atoms with Gasteiger partial charge in [-0.1, -0.05) is 12.1 Å². The number of hydrogen-bond acceptors (Lipinski definition) is 3. The Bertz CT molecular complexity index is 674. The van der Waals surface area contributed by atoms with Gasteiger partial charge in [-0.05, 0) is 24.1 Å². The summed E-state index contributed by atoms with van der Waals surface area (Å²) in [6.07, 6.45) is 0.717. The molecule has 0 aliphatic carbocycles.